The maximum absolute atomic E-state index is 12.8. The summed E-state index contributed by atoms with van der Waals surface area (Å²) in [7, 11) is 1.63. The minimum absolute atomic E-state index is 0. The molecule has 0 atom stereocenters. The molecular formula is C28H30ClNO6S. The van der Waals surface area contributed by atoms with Gasteiger partial charge in [-0.25, -0.2) is 4.79 Å². The Balaban J connectivity index is 0.00000380. The van der Waals surface area contributed by atoms with Crippen LogP contribution in [0.2, 0.25) is 0 Å². The number of carbonyl (C=O) groups excluding carboxylic acids is 1. The van der Waals surface area contributed by atoms with E-state index in [1.54, 1.807) is 24.5 Å². The fraction of sp³-hybridized carbons (Fsp3) is 0.286. The number of rotatable bonds is 11. The highest BCUT2D eigenvalue weighted by Gasteiger charge is 2.15. The third-order valence-corrected chi connectivity index (χ3v) is 6.83. The van der Waals surface area contributed by atoms with Gasteiger partial charge < -0.3 is 19.3 Å². The number of morpholine rings is 1. The van der Waals surface area contributed by atoms with Crippen molar-refractivity contribution in [3.8, 4) is 21.9 Å². The first-order chi connectivity index (χ1) is 17.5. The Bertz CT molecular complexity index is 1200. The normalized spacial score (nSPS) is 13.8. The number of aromatic carboxylic acids is 1. The lowest BCUT2D eigenvalue weighted by molar-refractivity contribution is 0.0358. The number of halogens is 1. The van der Waals surface area contributed by atoms with Crippen LogP contribution in [0.15, 0.2) is 60.0 Å². The monoisotopic (exact) mass is 543 g/mol. The number of hydrogen-bond donors (Lipinski definition) is 1. The molecule has 0 saturated carbocycles. The molecule has 37 heavy (non-hydrogen) atoms. The molecule has 2 aromatic carbocycles. The Morgan fingerprint density at radius 3 is 2.46 bits per heavy atom. The third-order valence-electron chi connectivity index (χ3n) is 5.93. The number of benzene rings is 2. The maximum Gasteiger partial charge on any atom is 0.335 e. The minimum atomic E-state index is -1.03. The lowest BCUT2D eigenvalue weighted by Gasteiger charge is -2.26. The van der Waals surface area contributed by atoms with Gasteiger partial charge in [-0.1, -0.05) is 18.2 Å². The number of carboxylic acids is 1. The molecule has 0 unspecified atom stereocenters. The van der Waals surface area contributed by atoms with Crippen LogP contribution in [0.25, 0.3) is 16.5 Å². The highest BCUT2D eigenvalue weighted by Crippen LogP contribution is 2.39. The predicted octanol–water partition coefficient (Wildman–Crippen LogP) is 5.54. The number of methoxy groups -OCH3 is 1. The van der Waals surface area contributed by atoms with E-state index in [-0.39, 0.29) is 23.8 Å². The van der Waals surface area contributed by atoms with Crippen LogP contribution in [0, 0.1) is 0 Å². The van der Waals surface area contributed by atoms with E-state index >= 15 is 0 Å². The van der Waals surface area contributed by atoms with Gasteiger partial charge in [-0.3, -0.25) is 9.69 Å². The molecule has 1 N–H and O–H groups in total. The molecule has 0 aliphatic carbocycles. The smallest absolute Gasteiger partial charge is 0.335 e. The zero-order valence-corrected chi connectivity index (χ0v) is 22.2. The third kappa shape index (κ3) is 7.66. The molecule has 0 radical (unpaired) electrons. The van der Waals surface area contributed by atoms with Crippen molar-refractivity contribution in [2.24, 2.45) is 0 Å². The molecular weight excluding hydrogens is 514 g/mol. The fourth-order valence-corrected chi connectivity index (χ4v) is 4.71. The Morgan fingerprint density at radius 1 is 1.08 bits per heavy atom. The number of carbonyl (C=O) groups is 2. The van der Waals surface area contributed by atoms with Crippen molar-refractivity contribution in [3.05, 3.63) is 76.7 Å². The summed E-state index contributed by atoms with van der Waals surface area (Å²) in [5.41, 5.74) is 2.24. The van der Waals surface area contributed by atoms with Crippen LogP contribution in [-0.2, 0) is 4.74 Å². The maximum atomic E-state index is 12.8. The van der Waals surface area contributed by atoms with Crippen molar-refractivity contribution in [2.75, 3.05) is 46.6 Å². The molecule has 0 spiro atoms. The first-order valence-corrected chi connectivity index (χ1v) is 12.7. The van der Waals surface area contributed by atoms with Gasteiger partial charge in [0.1, 0.15) is 11.5 Å². The Kier molecular flexibility index (Phi) is 10.7. The molecule has 0 bridgehead atoms. The number of ether oxygens (including phenoxy) is 3. The lowest BCUT2D eigenvalue weighted by Crippen LogP contribution is -2.37. The zero-order valence-electron chi connectivity index (χ0n) is 20.6. The molecule has 1 aliphatic rings. The van der Waals surface area contributed by atoms with Crippen LogP contribution in [0.4, 0.5) is 0 Å². The lowest BCUT2D eigenvalue weighted by atomic mass is 10.0. The molecule has 2 heterocycles. The Labute approximate surface area is 226 Å². The number of ketones is 1. The SMILES string of the molecule is COc1cc(OCCCN2CCOCC2)c(/C=C/C(=O)c2ccc(C(=O)O)cc2)cc1-c1cccs1.Cl. The van der Waals surface area contributed by atoms with Gasteiger partial charge >= 0.3 is 5.97 Å². The first-order valence-electron chi connectivity index (χ1n) is 11.8. The largest absolute Gasteiger partial charge is 0.496 e. The number of allylic oxidation sites excluding steroid dienone is 1. The van der Waals surface area contributed by atoms with E-state index in [0.717, 1.165) is 55.3 Å². The number of thiophene rings is 1. The van der Waals surface area contributed by atoms with Crippen LogP contribution in [0.5, 0.6) is 11.5 Å². The quantitative estimate of drug-likeness (QED) is 0.193. The summed E-state index contributed by atoms with van der Waals surface area (Å²) in [5.74, 6) is 0.0887. The summed E-state index contributed by atoms with van der Waals surface area (Å²) in [4.78, 5) is 27.3. The fourth-order valence-electron chi connectivity index (χ4n) is 3.96. The Morgan fingerprint density at radius 2 is 1.81 bits per heavy atom. The zero-order chi connectivity index (χ0) is 25.3. The molecule has 9 heteroatoms. The summed E-state index contributed by atoms with van der Waals surface area (Å²) in [6.07, 6.45) is 4.09. The van der Waals surface area contributed by atoms with Crippen LogP contribution in [0.3, 0.4) is 0 Å². The second kappa shape index (κ2) is 13.9. The number of carboxylic acid groups (broad SMARTS) is 1. The van der Waals surface area contributed by atoms with Crippen LogP contribution in [-0.4, -0.2) is 68.3 Å². The van der Waals surface area contributed by atoms with Crippen molar-refractivity contribution < 1.29 is 28.9 Å². The van der Waals surface area contributed by atoms with Gasteiger partial charge in [0.05, 0.1) is 32.5 Å². The molecule has 1 saturated heterocycles. The topological polar surface area (TPSA) is 85.3 Å². The van der Waals surface area contributed by atoms with Crippen LogP contribution >= 0.6 is 23.7 Å². The van der Waals surface area contributed by atoms with Gasteiger partial charge in [0, 0.05) is 47.3 Å². The Hall–Kier alpha value is -3.17. The summed E-state index contributed by atoms with van der Waals surface area (Å²) in [6, 6.07) is 13.7. The summed E-state index contributed by atoms with van der Waals surface area (Å²) in [5, 5.41) is 11.1. The summed E-state index contributed by atoms with van der Waals surface area (Å²) in [6.45, 7) is 4.88. The van der Waals surface area contributed by atoms with Gasteiger partial charge in [-0.2, -0.15) is 0 Å². The second-order valence-corrected chi connectivity index (χ2v) is 9.25. The average molecular weight is 544 g/mol. The number of nitrogens with zero attached hydrogens (tertiary/aromatic N) is 1. The standard InChI is InChI=1S/C28H29NO6S.ClH/c1-33-26-19-25(35-14-3-11-29-12-15-34-16-13-29)22(18-23(26)27-4-2-17-36-27)9-10-24(30)20-5-7-21(8-6-20)28(31)32;/h2,4-10,17-19H,3,11-16H2,1H3,(H,31,32);1H/b10-9+;. The van der Waals surface area contributed by atoms with E-state index in [0.29, 0.717) is 23.7 Å². The molecule has 3 aromatic rings. The minimum Gasteiger partial charge on any atom is -0.496 e. The molecule has 4 rings (SSSR count). The van der Waals surface area contributed by atoms with Gasteiger partial charge in [-0.15, -0.1) is 23.7 Å². The van der Waals surface area contributed by atoms with E-state index in [9.17, 15) is 9.59 Å². The highest BCUT2D eigenvalue weighted by atomic mass is 35.5. The summed E-state index contributed by atoms with van der Waals surface area (Å²) >= 11 is 1.61. The highest BCUT2D eigenvalue weighted by molar-refractivity contribution is 7.13. The predicted molar refractivity (Wildman–Crippen MR) is 148 cm³/mol. The number of hydrogen-bond acceptors (Lipinski definition) is 7. The van der Waals surface area contributed by atoms with Crippen LogP contribution in [0.1, 0.15) is 32.7 Å². The van der Waals surface area contributed by atoms with E-state index in [1.165, 1.54) is 30.3 Å². The van der Waals surface area contributed by atoms with E-state index < -0.39 is 5.97 Å². The molecule has 196 valence electrons. The van der Waals surface area contributed by atoms with Crippen molar-refractivity contribution in [2.45, 2.75) is 6.42 Å². The molecule has 1 fully saturated rings. The first kappa shape index (κ1) is 28.4. The molecule has 1 aliphatic heterocycles. The van der Waals surface area contributed by atoms with E-state index in [2.05, 4.69) is 4.90 Å². The molecule has 0 amide bonds. The van der Waals surface area contributed by atoms with Crippen molar-refractivity contribution in [3.63, 3.8) is 0 Å². The van der Waals surface area contributed by atoms with Crippen LogP contribution < -0.4 is 9.47 Å². The van der Waals surface area contributed by atoms with Gasteiger partial charge in [-0.05, 0) is 48.2 Å². The van der Waals surface area contributed by atoms with Gasteiger partial charge in [0.2, 0.25) is 0 Å². The van der Waals surface area contributed by atoms with Crippen molar-refractivity contribution in [1.82, 2.24) is 4.90 Å². The van der Waals surface area contributed by atoms with E-state index in [1.807, 2.05) is 29.6 Å². The van der Waals surface area contributed by atoms with Crippen molar-refractivity contribution in [1.29, 1.82) is 0 Å². The molecule has 1 aromatic heterocycles. The summed E-state index contributed by atoms with van der Waals surface area (Å²) < 4.78 is 17.2. The van der Waals surface area contributed by atoms with E-state index in [4.69, 9.17) is 19.3 Å². The van der Waals surface area contributed by atoms with Gasteiger partial charge in [0.25, 0.3) is 0 Å². The average Bonchev–Trinajstić information content (AvgIpc) is 3.45. The van der Waals surface area contributed by atoms with Crippen molar-refractivity contribution >= 4 is 41.6 Å². The van der Waals surface area contributed by atoms with Gasteiger partial charge in [0.15, 0.2) is 5.78 Å². The second-order valence-electron chi connectivity index (χ2n) is 8.30. The molecule has 7 nitrogen and oxygen atoms in total.